The van der Waals surface area contributed by atoms with Gasteiger partial charge in [-0.2, -0.15) is 0 Å². The monoisotopic (exact) mass is 341 g/mol. The second kappa shape index (κ2) is 6.88. The quantitative estimate of drug-likeness (QED) is 0.905. The number of aromatic nitrogens is 1. The summed E-state index contributed by atoms with van der Waals surface area (Å²) in [5.41, 5.74) is 1.49. The van der Waals surface area contributed by atoms with Crippen LogP contribution in [0.4, 0.5) is 0 Å². The Labute approximate surface area is 147 Å². The zero-order chi connectivity index (χ0) is 17.2. The number of nitrogens with one attached hydrogen (secondary N) is 1. The molecular weight excluding hydrogens is 318 g/mol. The molecule has 1 N–H and O–H groups in total. The minimum Gasteiger partial charge on any atom is -0.497 e. The molecule has 132 valence electrons. The Morgan fingerprint density at radius 3 is 2.92 bits per heavy atom. The molecule has 0 radical (unpaired) electrons. The van der Waals surface area contributed by atoms with Crippen molar-refractivity contribution in [2.24, 2.45) is 11.8 Å². The second-order valence-electron chi connectivity index (χ2n) is 6.92. The predicted molar refractivity (Wildman–Crippen MR) is 93.5 cm³/mol. The highest BCUT2D eigenvalue weighted by molar-refractivity contribution is 5.92. The van der Waals surface area contributed by atoms with E-state index in [-0.39, 0.29) is 11.7 Å². The maximum atomic E-state index is 12.4. The topological polar surface area (TPSA) is 67.6 Å². The molecule has 1 unspecified atom stereocenters. The van der Waals surface area contributed by atoms with Gasteiger partial charge in [0.1, 0.15) is 11.4 Å². The van der Waals surface area contributed by atoms with Gasteiger partial charge in [0.25, 0.3) is 5.91 Å². The van der Waals surface area contributed by atoms with E-state index in [4.69, 9.17) is 9.26 Å². The number of rotatable bonds is 5. The van der Waals surface area contributed by atoms with E-state index in [1.165, 1.54) is 25.9 Å². The first-order valence-electron chi connectivity index (χ1n) is 8.84. The molecule has 3 aliphatic rings. The molecule has 6 heteroatoms. The van der Waals surface area contributed by atoms with Crippen molar-refractivity contribution in [3.05, 3.63) is 36.1 Å². The molecule has 1 atom stereocenters. The van der Waals surface area contributed by atoms with Gasteiger partial charge in [0.15, 0.2) is 0 Å². The summed E-state index contributed by atoms with van der Waals surface area (Å²) in [7, 11) is 1.62. The fourth-order valence-electron chi connectivity index (χ4n) is 3.93. The second-order valence-corrected chi connectivity index (χ2v) is 6.92. The lowest BCUT2D eigenvalue weighted by atomic mass is 9.79. The van der Waals surface area contributed by atoms with E-state index < -0.39 is 0 Å². The Balaban J connectivity index is 1.39. The molecule has 5 rings (SSSR count). The molecule has 3 saturated heterocycles. The highest BCUT2D eigenvalue weighted by Crippen LogP contribution is 2.31. The van der Waals surface area contributed by atoms with Gasteiger partial charge in [-0.1, -0.05) is 17.3 Å². The smallest absolute Gasteiger partial charge is 0.289 e. The number of hydrogen-bond donors (Lipinski definition) is 1. The summed E-state index contributed by atoms with van der Waals surface area (Å²) in [6, 6.07) is 9.21. The van der Waals surface area contributed by atoms with Crippen molar-refractivity contribution in [2.45, 2.75) is 12.8 Å². The van der Waals surface area contributed by atoms with E-state index >= 15 is 0 Å². The number of benzene rings is 1. The molecule has 1 aromatic heterocycles. The molecule has 3 aliphatic heterocycles. The van der Waals surface area contributed by atoms with Crippen LogP contribution < -0.4 is 10.1 Å². The van der Waals surface area contributed by atoms with Gasteiger partial charge >= 0.3 is 0 Å². The van der Waals surface area contributed by atoms with Gasteiger partial charge in [-0.05, 0) is 49.9 Å². The molecule has 4 heterocycles. The SMILES string of the molecule is COc1cccc(-c2cc(C(=O)NCC3CN4CCC3CC4)on2)c1. The van der Waals surface area contributed by atoms with E-state index in [9.17, 15) is 4.79 Å². The molecule has 2 aromatic rings. The van der Waals surface area contributed by atoms with Crippen molar-refractivity contribution in [2.75, 3.05) is 33.3 Å². The van der Waals surface area contributed by atoms with Gasteiger partial charge in [-0.15, -0.1) is 0 Å². The number of methoxy groups -OCH3 is 1. The number of amides is 1. The lowest BCUT2D eigenvalue weighted by molar-refractivity contribution is 0.0491. The number of ether oxygens (including phenoxy) is 1. The largest absolute Gasteiger partial charge is 0.497 e. The number of piperidine rings is 3. The van der Waals surface area contributed by atoms with Crippen LogP contribution in [-0.4, -0.2) is 49.3 Å². The maximum Gasteiger partial charge on any atom is 0.289 e. The summed E-state index contributed by atoms with van der Waals surface area (Å²) in [5, 5.41) is 7.03. The average molecular weight is 341 g/mol. The van der Waals surface area contributed by atoms with Gasteiger partial charge in [-0.25, -0.2) is 0 Å². The standard InChI is InChI=1S/C19H23N3O3/c1-24-16-4-2-3-14(9-16)17-10-18(25-21-17)19(23)20-11-15-12-22-7-5-13(15)6-8-22/h2-4,9-10,13,15H,5-8,11-12H2,1H3,(H,20,23). The van der Waals surface area contributed by atoms with Crippen molar-refractivity contribution < 1.29 is 14.1 Å². The third-order valence-electron chi connectivity index (χ3n) is 5.42. The molecule has 25 heavy (non-hydrogen) atoms. The number of nitrogens with zero attached hydrogens (tertiary/aromatic N) is 2. The molecule has 0 saturated carbocycles. The number of carbonyl (C=O) groups excluding carboxylic acids is 1. The molecule has 1 amide bonds. The van der Waals surface area contributed by atoms with Gasteiger partial charge in [0, 0.05) is 24.7 Å². The first-order chi connectivity index (χ1) is 12.2. The van der Waals surface area contributed by atoms with Gasteiger partial charge < -0.3 is 19.5 Å². The zero-order valence-electron chi connectivity index (χ0n) is 14.4. The van der Waals surface area contributed by atoms with Crippen LogP contribution in [0.25, 0.3) is 11.3 Å². The molecule has 3 fully saturated rings. The van der Waals surface area contributed by atoms with Gasteiger partial charge in [0.2, 0.25) is 5.76 Å². The average Bonchev–Trinajstić information content (AvgIpc) is 3.17. The van der Waals surface area contributed by atoms with E-state index in [0.29, 0.717) is 18.2 Å². The van der Waals surface area contributed by atoms with E-state index in [1.807, 2.05) is 24.3 Å². The van der Waals surface area contributed by atoms with Crippen molar-refractivity contribution >= 4 is 5.91 Å². The minimum absolute atomic E-state index is 0.196. The molecule has 0 aliphatic carbocycles. The fraction of sp³-hybridized carbons (Fsp3) is 0.474. The first kappa shape index (κ1) is 16.1. The highest BCUT2D eigenvalue weighted by atomic mass is 16.5. The lowest BCUT2D eigenvalue weighted by Gasteiger charge is -2.44. The van der Waals surface area contributed by atoms with Crippen LogP contribution >= 0.6 is 0 Å². The Morgan fingerprint density at radius 1 is 1.36 bits per heavy atom. The zero-order valence-corrected chi connectivity index (χ0v) is 14.4. The summed E-state index contributed by atoms with van der Waals surface area (Å²) in [5.74, 6) is 2.09. The van der Waals surface area contributed by atoms with Crippen molar-refractivity contribution in [3.63, 3.8) is 0 Å². The molecule has 0 spiro atoms. The summed E-state index contributed by atoms with van der Waals surface area (Å²) >= 11 is 0. The van der Waals surface area contributed by atoms with E-state index in [1.54, 1.807) is 13.2 Å². The Morgan fingerprint density at radius 2 is 2.20 bits per heavy atom. The maximum absolute atomic E-state index is 12.4. The van der Waals surface area contributed by atoms with Gasteiger partial charge in [0.05, 0.1) is 7.11 Å². The van der Waals surface area contributed by atoms with Crippen LogP contribution in [0.3, 0.4) is 0 Å². The summed E-state index contributed by atoms with van der Waals surface area (Å²) in [6.07, 6.45) is 2.51. The van der Waals surface area contributed by atoms with Crippen LogP contribution in [0.15, 0.2) is 34.9 Å². The first-order valence-corrected chi connectivity index (χ1v) is 8.84. The summed E-state index contributed by atoms with van der Waals surface area (Å²) in [4.78, 5) is 14.9. The molecule has 6 nitrogen and oxygen atoms in total. The van der Waals surface area contributed by atoms with Crippen molar-refractivity contribution in [1.82, 2.24) is 15.4 Å². The third kappa shape index (κ3) is 3.39. The van der Waals surface area contributed by atoms with Crippen molar-refractivity contribution in [3.8, 4) is 17.0 Å². The summed E-state index contributed by atoms with van der Waals surface area (Å²) in [6.45, 7) is 4.22. The normalized spacial score (nSPS) is 24.9. The van der Waals surface area contributed by atoms with E-state index in [0.717, 1.165) is 23.8 Å². The fourth-order valence-corrected chi connectivity index (χ4v) is 3.93. The Hall–Kier alpha value is -2.34. The van der Waals surface area contributed by atoms with Crippen molar-refractivity contribution in [1.29, 1.82) is 0 Å². The van der Waals surface area contributed by atoms with Crippen LogP contribution in [0.2, 0.25) is 0 Å². The Kier molecular flexibility index (Phi) is 4.44. The third-order valence-corrected chi connectivity index (χ3v) is 5.42. The molecule has 1 aromatic carbocycles. The number of carbonyl (C=O) groups is 1. The highest BCUT2D eigenvalue weighted by Gasteiger charge is 2.34. The number of hydrogen-bond acceptors (Lipinski definition) is 5. The Bertz CT molecular complexity index is 750. The van der Waals surface area contributed by atoms with Gasteiger partial charge in [-0.3, -0.25) is 4.79 Å². The van der Waals surface area contributed by atoms with Crippen LogP contribution in [0.1, 0.15) is 23.4 Å². The summed E-state index contributed by atoms with van der Waals surface area (Å²) < 4.78 is 10.5. The number of fused-ring (bicyclic) bond motifs is 3. The predicted octanol–water partition coefficient (Wildman–Crippen LogP) is 2.42. The van der Waals surface area contributed by atoms with Crippen LogP contribution in [-0.2, 0) is 0 Å². The lowest BCUT2D eigenvalue weighted by Crippen LogP contribution is -2.50. The minimum atomic E-state index is -0.196. The van der Waals surface area contributed by atoms with E-state index in [2.05, 4.69) is 15.4 Å². The molecule has 2 bridgehead atoms. The molecular formula is C19H23N3O3. The van der Waals surface area contributed by atoms with Crippen LogP contribution in [0.5, 0.6) is 5.75 Å². The van der Waals surface area contributed by atoms with Crippen LogP contribution in [0, 0.1) is 11.8 Å².